The summed E-state index contributed by atoms with van der Waals surface area (Å²) in [4.78, 5) is 38.7. The standard InChI is InChI=1S/C43H53F3N8O6S/c1-28-22-31(8-10-34(28)48-38-47-23-33(43(44,45)46)36(50-38)53-19-3-12-39(2,57)24-53)61(58,59)51-40-13-17-42(18-14-40,60-27-40)26-54-21-20-52(25-41(54)15-16-41)30-6-4-29(5-7-30)32-9-11-35(55)49-37(32)56/h4-8,10,22-23,32,51,57H,3,9,11-21,24-27H2,1-2H3,(H,47,48,50)(H,49,55,56)/t32?,39-,40?,42?/m0/s1. The summed E-state index contributed by atoms with van der Waals surface area (Å²) in [5.74, 6) is -1.16. The van der Waals surface area contributed by atoms with Gasteiger partial charge in [-0.2, -0.15) is 18.2 Å². The summed E-state index contributed by atoms with van der Waals surface area (Å²) in [6.45, 7) is 7.31. The van der Waals surface area contributed by atoms with Crippen molar-refractivity contribution in [2.45, 2.75) is 117 Å². The van der Waals surface area contributed by atoms with E-state index < -0.39 is 32.9 Å². The van der Waals surface area contributed by atoms with Crippen LogP contribution in [0.15, 0.2) is 53.6 Å². The summed E-state index contributed by atoms with van der Waals surface area (Å²) in [7, 11) is -3.97. The Kier molecular flexibility index (Phi) is 10.4. The number of hydrogen-bond donors (Lipinski definition) is 4. The zero-order valence-electron chi connectivity index (χ0n) is 34.5. The summed E-state index contributed by atoms with van der Waals surface area (Å²) in [6.07, 6.45) is 2.86. The highest BCUT2D eigenvalue weighted by atomic mass is 32.2. The maximum Gasteiger partial charge on any atom is 0.421 e. The number of alkyl halides is 3. The monoisotopic (exact) mass is 866 g/mol. The fourth-order valence-corrected chi connectivity index (χ4v) is 11.7. The van der Waals surface area contributed by atoms with Gasteiger partial charge in [-0.1, -0.05) is 12.1 Å². The lowest BCUT2D eigenvalue weighted by atomic mass is 9.71. The molecule has 1 unspecified atom stereocenters. The van der Waals surface area contributed by atoms with Crippen LogP contribution in [0.3, 0.4) is 0 Å². The smallest absolute Gasteiger partial charge is 0.388 e. The molecule has 2 saturated carbocycles. The number of benzene rings is 2. The van der Waals surface area contributed by atoms with Gasteiger partial charge in [0.15, 0.2) is 0 Å². The van der Waals surface area contributed by atoms with Gasteiger partial charge in [0.25, 0.3) is 0 Å². The molecule has 2 aromatic carbocycles. The molecule has 1 spiro atoms. The van der Waals surface area contributed by atoms with Gasteiger partial charge >= 0.3 is 6.18 Å². The van der Waals surface area contributed by atoms with Crippen LogP contribution in [0.4, 0.5) is 36.3 Å². The first-order chi connectivity index (χ1) is 28.8. The van der Waals surface area contributed by atoms with Gasteiger partial charge in [-0.15, -0.1) is 0 Å². The van der Waals surface area contributed by atoms with Gasteiger partial charge in [0.2, 0.25) is 27.8 Å². The van der Waals surface area contributed by atoms with Crippen LogP contribution < -0.4 is 25.2 Å². The highest BCUT2D eigenvalue weighted by Gasteiger charge is 2.57. The number of imide groups is 1. The van der Waals surface area contributed by atoms with Crippen LogP contribution in [0, 0.1) is 6.92 Å². The van der Waals surface area contributed by atoms with E-state index in [1.807, 2.05) is 12.1 Å². The van der Waals surface area contributed by atoms with Crippen molar-refractivity contribution in [1.29, 1.82) is 0 Å². The molecule has 2 amide bonds. The molecule has 0 radical (unpaired) electrons. The number of carbonyl (C=O) groups excluding carboxylic acids is 2. The number of hydrogen-bond acceptors (Lipinski definition) is 12. The molecule has 14 nitrogen and oxygen atoms in total. The third kappa shape index (κ3) is 8.45. The number of rotatable bonds is 10. The minimum Gasteiger partial charge on any atom is -0.388 e. The molecule has 7 aliphatic rings. The van der Waals surface area contributed by atoms with Gasteiger partial charge < -0.3 is 25.0 Å². The van der Waals surface area contributed by atoms with E-state index in [2.05, 4.69) is 47.3 Å². The van der Waals surface area contributed by atoms with E-state index in [-0.39, 0.29) is 58.7 Å². The predicted molar refractivity (Wildman–Crippen MR) is 221 cm³/mol. The third-order valence-electron chi connectivity index (χ3n) is 13.9. The van der Waals surface area contributed by atoms with E-state index in [1.54, 1.807) is 19.9 Å². The van der Waals surface area contributed by atoms with Crippen molar-refractivity contribution in [2.24, 2.45) is 0 Å². The molecule has 5 aliphatic heterocycles. The predicted octanol–water partition coefficient (Wildman–Crippen LogP) is 5.13. The van der Waals surface area contributed by atoms with Crippen LogP contribution in [0.5, 0.6) is 0 Å². The number of amides is 2. The average Bonchev–Trinajstić information content (AvgIpc) is 3.99. The van der Waals surface area contributed by atoms with Crippen molar-refractivity contribution in [1.82, 2.24) is 24.9 Å². The van der Waals surface area contributed by atoms with E-state index in [0.29, 0.717) is 56.3 Å². The van der Waals surface area contributed by atoms with Crippen molar-refractivity contribution in [3.05, 3.63) is 65.4 Å². The average molecular weight is 867 g/mol. The topological polar surface area (TPSA) is 169 Å². The molecule has 7 fully saturated rings. The zero-order chi connectivity index (χ0) is 43.0. The van der Waals surface area contributed by atoms with Crippen molar-refractivity contribution in [3.63, 3.8) is 0 Å². The summed E-state index contributed by atoms with van der Waals surface area (Å²) < 4.78 is 79.4. The van der Waals surface area contributed by atoms with Gasteiger partial charge in [-0.3, -0.25) is 19.8 Å². The molecule has 2 atom stereocenters. The Labute approximate surface area is 353 Å². The van der Waals surface area contributed by atoms with Crippen molar-refractivity contribution in [2.75, 3.05) is 61.0 Å². The molecule has 4 N–H and O–H groups in total. The first-order valence-corrected chi connectivity index (χ1v) is 22.7. The minimum absolute atomic E-state index is 0.00827. The molecule has 18 heteroatoms. The van der Waals surface area contributed by atoms with Gasteiger partial charge in [-0.25, -0.2) is 18.1 Å². The van der Waals surface area contributed by atoms with Crippen LogP contribution in [-0.2, 0) is 30.5 Å². The second kappa shape index (κ2) is 15.2. The van der Waals surface area contributed by atoms with Crippen LogP contribution >= 0.6 is 0 Å². The Morgan fingerprint density at radius 3 is 2.36 bits per heavy atom. The summed E-state index contributed by atoms with van der Waals surface area (Å²) >= 11 is 0. The molecule has 10 rings (SSSR count). The number of ether oxygens (including phenoxy) is 1. The maximum absolute atomic E-state index is 14.0. The Hall–Kier alpha value is -4.36. The lowest BCUT2D eigenvalue weighted by Gasteiger charge is -2.56. The highest BCUT2D eigenvalue weighted by Crippen LogP contribution is 2.50. The second-order valence-corrected chi connectivity index (χ2v) is 20.3. The normalized spacial score (nSPS) is 29.2. The molecule has 6 heterocycles. The van der Waals surface area contributed by atoms with E-state index in [1.165, 1.54) is 17.0 Å². The van der Waals surface area contributed by atoms with Gasteiger partial charge in [0.1, 0.15) is 11.4 Å². The summed E-state index contributed by atoms with van der Waals surface area (Å²) in [6, 6.07) is 12.7. The zero-order valence-corrected chi connectivity index (χ0v) is 35.3. The van der Waals surface area contributed by atoms with Crippen LogP contribution in [0.1, 0.15) is 93.7 Å². The molecule has 3 aromatic rings. The molecule has 328 valence electrons. The Morgan fingerprint density at radius 2 is 1.72 bits per heavy atom. The van der Waals surface area contributed by atoms with Crippen molar-refractivity contribution in [3.8, 4) is 0 Å². The number of nitrogens with zero attached hydrogens (tertiary/aromatic N) is 5. The molecule has 2 bridgehead atoms. The summed E-state index contributed by atoms with van der Waals surface area (Å²) in [5, 5.41) is 16.0. The fourth-order valence-electron chi connectivity index (χ4n) is 10.2. The van der Waals surface area contributed by atoms with Crippen LogP contribution in [-0.4, -0.2) is 108 Å². The molecule has 61 heavy (non-hydrogen) atoms. The number of halogens is 3. The summed E-state index contributed by atoms with van der Waals surface area (Å²) in [5.41, 5.74) is -0.139. The Morgan fingerprint density at radius 1 is 0.967 bits per heavy atom. The van der Waals surface area contributed by atoms with E-state index in [0.717, 1.165) is 69.3 Å². The Bertz CT molecular complexity index is 2300. The number of piperidine rings is 2. The quantitative estimate of drug-likeness (QED) is 0.199. The second-order valence-electron chi connectivity index (χ2n) is 18.6. The fraction of sp³-hybridized carbons (Fsp3) is 0.581. The first-order valence-electron chi connectivity index (χ1n) is 21.3. The molecular weight excluding hydrogens is 814 g/mol. The number of aryl methyl sites for hydroxylation is 1. The number of nitrogens with one attached hydrogen (secondary N) is 3. The van der Waals surface area contributed by atoms with Gasteiger partial charge in [0.05, 0.1) is 34.2 Å². The number of aliphatic hydroxyl groups is 1. The largest absolute Gasteiger partial charge is 0.421 e. The highest BCUT2D eigenvalue weighted by molar-refractivity contribution is 7.89. The Balaban J connectivity index is 0.811. The number of piperazine rings is 1. The van der Waals surface area contributed by atoms with E-state index in [4.69, 9.17) is 4.74 Å². The number of aromatic nitrogens is 2. The van der Waals surface area contributed by atoms with Crippen molar-refractivity contribution >= 4 is 45.0 Å². The lowest BCUT2D eigenvalue weighted by Crippen LogP contribution is -2.67. The van der Waals surface area contributed by atoms with Gasteiger partial charge in [-0.05, 0) is 113 Å². The number of carbonyl (C=O) groups is 2. The maximum atomic E-state index is 14.0. The van der Waals surface area contributed by atoms with Crippen molar-refractivity contribution < 1.29 is 41.0 Å². The minimum atomic E-state index is -4.70. The third-order valence-corrected chi connectivity index (χ3v) is 15.5. The first kappa shape index (κ1) is 42.0. The lowest BCUT2D eigenvalue weighted by molar-refractivity contribution is -0.171. The van der Waals surface area contributed by atoms with Crippen LogP contribution in [0.2, 0.25) is 0 Å². The SMILES string of the molecule is Cc1cc(S(=O)(=O)NC23CCC(CN4CCN(c5ccc(C6CCC(=O)NC6=O)cc5)CC45CC5)(CC2)OC3)ccc1Nc1ncc(C(F)(F)F)c(N2CCC[C@](C)(O)C2)n1. The number of β-amino-alcohol motifs (C(OH)–C–C–N with tert-alkyl or cyclic N) is 1. The van der Waals surface area contributed by atoms with Crippen LogP contribution in [0.25, 0.3) is 0 Å². The molecular formula is C43H53F3N8O6S. The molecule has 5 saturated heterocycles. The van der Waals surface area contributed by atoms with Gasteiger partial charge in [0, 0.05) is 68.8 Å². The van der Waals surface area contributed by atoms with E-state index >= 15 is 0 Å². The molecule has 2 aliphatic carbocycles. The molecule has 1 aromatic heterocycles. The number of fused-ring (bicyclic) bond motifs is 3. The number of anilines is 4. The van der Waals surface area contributed by atoms with E-state index in [9.17, 15) is 36.3 Å². The number of sulfonamides is 1.